The lowest BCUT2D eigenvalue weighted by molar-refractivity contribution is 0.668. The van der Waals surface area contributed by atoms with Crippen LogP contribution < -0.4 is 5.73 Å². The number of aromatic nitrogens is 1. The van der Waals surface area contributed by atoms with Crippen molar-refractivity contribution in [3.05, 3.63) is 29.6 Å². The molecule has 2 nitrogen and oxygen atoms in total. The highest BCUT2D eigenvalue weighted by molar-refractivity contribution is 5.21. The third kappa shape index (κ3) is 4.75. The molecule has 2 heteroatoms. The van der Waals surface area contributed by atoms with E-state index in [0.29, 0.717) is 0 Å². The molecule has 1 heterocycles. The van der Waals surface area contributed by atoms with Gasteiger partial charge in [-0.2, -0.15) is 0 Å². The quantitative estimate of drug-likeness (QED) is 0.795. The van der Waals surface area contributed by atoms with Crippen molar-refractivity contribution in [3.63, 3.8) is 0 Å². The molecule has 2 N–H and O–H groups in total. The second-order valence-corrected chi connectivity index (χ2v) is 4.31. The van der Waals surface area contributed by atoms with E-state index in [2.05, 4.69) is 18.0 Å². The number of nitrogens with zero attached hydrogens (tertiary/aromatic N) is 1. The van der Waals surface area contributed by atoms with Gasteiger partial charge in [-0.25, -0.2) is 0 Å². The van der Waals surface area contributed by atoms with Crippen molar-refractivity contribution >= 4 is 0 Å². The number of hydrogen-bond acceptors (Lipinski definition) is 2. The Kier molecular flexibility index (Phi) is 6.82. The zero-order valence-corrected chi connectivity index (χ0v) is 10.4. The minimum atomic E-state index is 0.855. The van der Waals surface area contributed by atoms with E-state index in [-0.39, 0.29) is 0 Å². The molecule has 0 unspecified atom stereocenters. The Morgan fingerprint density at radius 2 is 2.06 bits per heavy atom. The summed E-state index contributed by atoms with van der Waals surface area (Å²) in [4.78, 5) is 4.32. The number of unbranched alkanes of at least 4 members (excludes halogenated alkanes) is 2. The summed E-state index contributed by atoms with van der Waals surface area (Å²) in [6.07, 6.45) is 10.7. The van der Waals surface area contributed by atoms with E-state index in [9.17, 15) is 0 Å². The first-order chi connectivity index (χ1) is 7.88. The van der Waals surface area contributed by atoms with Crippen molar-refractivity contribution in [2.45, 2.75) is 51.9 Å². The van der Waals surface area contributed by atoms with Crippen molar-refractivity contribution in [1.29, 1.82) is 0 Å². The monoisotopic (exact) mass is 220 g/mol. The summed E-state index contributed by atoms with van der Waals surface area (Å²) < 4.78 is 0. The second kappa shape index (κ2) is 8.28. The molecule has 0 aromatic carbocycles. The molecule has 1 aromatic rings. The molecule has 1 aromatic heterocycles. The molecular weight excluding hydrogens is 196 g/mol. The summed E-state index contributed by atoms with van der Waals surface area (Å²) in [6.45, 7) is 3.03. The molecule has 0 aliphatic heterocycles. The number of hydrogen-bond donors (Lipinski definition) is 1. The van der Waals surface area contributed by atoms with E-state index < -0.39 is 0 Å². The smallest absolute Gasteiger partial charge is 0.0435 e. The zero-order chi connectivity index (χ0) is 11.6. The maximum atomic E-state index is 5.21. The van der Waals surface area contributed by atoms with Crippen LogP contribution in [-0.4, -0.2) is 11.5 Å². The SMILES string of the molecule is CCCCCN.c1cnc2c(c1)CCCC2. The van der Waals surface area contributed by atoms with E-state index in [4.69, 9.17) is 5.73 Å². The largest absolute Gasteiger partial charge is 0.330 e. The van der Waals surface area contributed by atoms with Crippen LogP contribution in [0.5, 0.6) is 0 Å². The molecule has 1 aliphatic rings. The predicted octanol–water partition coefficient (Wildman–Crippen LogP) is 3.10. The minimum absolute atomic E-state index is 0.855. The second-order valence-electron chi connectivity index (χ2n) is 4.31. The average molecular weight is 220 g/mol. The third-order valence-electron chi connectivity index (χ3n) is 2.90. The van der Waals surface area contributed by atoms with Crippen LogP contribution in [0.15, 0.2) is 18.3 Å². The van der Waals surface area contributed by atoms with Crippen molar-refractivity contribution in [1.82, 2.24) is 4.98 Å². The van der Waals surface area contributed by atoms with Gasteiger partial charge in [0.25, 0.3) is 0 Å². The van der Waals surface area contributed by atoms with Crippen molar-refractivity contribution < 1.29 is 0 Å². The Bertz CT molecular complexity index is 255. The normalized spacial score (nSPS) is 13.6. The van der Waals surface area contributed by atoms with Crippen molar-refractivity contribution in [3.8, 4) is 0 Å². The molecule has 0 fully saturated rings. The van der Waals surface area contributed by atoms with Crippen LogP contribution in [0.2, 0.25) is 0 Å². The van der Waals surface area contributed by atoms with Gasteiger partial charge in [0, 0.05) is 11.9 Å². The van der Waals surface area contributed by atoms with Gasteiger partial charge in [-0.15, -0.1) is 0 Å². The lowest BCUT2D eigenvalue weighted by Gasteiger charge is -2.12. The Morgan fingerprint density at radius 1 is 1.25 bits per heavy atom. The Hall–Kier alpha value is -0.890. The standard InChI is InChI=1S/C9H11N.C5H13N/c1-2-6-9-8(4-1)5-3-7-10-9;1-2-3-4-5-6/h3,5,7H,1-2,4,6H2;2-6H2,1H3. The molecule has 0 atom stereocenters. The summed E-state index contributed by atoms with van der Waals surface area (Å²) in [5.74, 6) is 0. The van der Waals surface area contributed by atoms with Gasteiger partial charge < -0.3 is 5.73 Å². The van der Waals surface area contributed by atoms with Crippen LogP contribution in [0.1, 0.15) is 50.3 Å². The third-order valence-corrected chi connectivity index (χ3v) is 2.90. The van der Waals surface area contributed by atoms with Gasteiger partial charge in [0.05, 0.1) is 0 Å². The first-order valence-electron chi connectivity index (χ1n) is 6.51. The maximum absolute atomic E-state index is 5.21. The first-order valence-corrected chi connectivity index (χ1v) is 6.51. The Morgan fingerprint density at radius 3 is 2.69 bits per heavy atom. The molecule has 1 aliphatic carbocycles. The average Bonchev–Trinajstić information content (AvgIpc) is 2.37. The molecule has 2 rings (SSSR count). The molecule has 0 spiro atoms. The molecular formula is C14H24N2. The van der Waals surface area contributed by atoms with E-state index >= 15 is 0 Å². The predicted molar refractivity (Wildman–Crippen MR) is 69.5 cm³/mol. The number of pyridine rings is 1. The minimum Gasteiger partial charge on any atom is -0.330 e. The van der Waals surface area contributed by atoms with Crippen LogP contribution in [-0.2, 0) is 12.8 Å². The van der Waals surface area contributed by atoms with Gasteiger partial charge in [-0.3, -0.25) is 4.98 Å². The van der Waals surface area contributed by atoms with Crippen molar-refractivity contribution in [2.24, 2.45) is 5.73 Å². The van der Waals surface area contributed by atoms with Crippen LogP contribution in [0.4, 0.5) is 0 Å². The highest BCUT2D eigenvalue weighted by Crippen LogP contribution is 2.17. The molecule has 0 saturated carbocycles. The topological polar surface area (TPSA) is 38.9 Å². The molecule has 0 saturated heterocycles. The molecule has 0 amide bonds. The highest BCUT2D eigenvalue weighted by Gasteiger charge is 2.07. The lowest BCUT2D eigenvalue weighted by atomic mass is 9.96. The van der Waals surface area contributed by atoms with Gasteiger partial charge >= 0.3 is 0 Å². The fraction of sp³-hybridized carbons (Fsp3) is 0.643. The van der Waals surface area contributed by atoms with Crippen LogP contribution >= 0.6 is 0 Å². The molecule has 90 valence electrons. The summed E-state index contributed by atoms with van der Waals surface area (Å²) in [5, 5.41) is 0. The van der Waals surface area contributed by atoms with Gasteiger partial charge in [0.15, 0.2) is 0 Å². The van der Waals surface area contributed by atoms with E-state index in [0.717, 1.165) is 6.54 Å². The van der Waals surface area contributed by atoms with E-state index in [1.54, 1.807) is 0 Å². The Labute approximate surface area is 99.3 Å². The van der Waals surface area contributed by atoms with Gasteiger partial charge in [0.2, 0.25) is 0 Å². The molecule has 0 bridgehead atoms. The highest BCUT2D eigenvalue weighted by atomic mass is 14.7. The summed E-state index contributed by atoms with van der Waals surface area (Å²) >= 11 is 0. The number of nitrogens with two attached hydrogens (primary N) is 1. The zero-order valence-electron chi connectivity index (χ0n) is 10.4. The maximum Gasteiger partial charge on any atom is 0.0435 e. The van der Waals surface area contributed by atoms with Gasteiger partial charge in [-0.05, 0) is 50.3 Å². The van der Waals surface area contributed by atoms with Gasteiger partial charge in [0.1, 0.15) is 0 Å². The fourth-order valence-corrected chi connectivity index (χ4v) is 1.93. The molecule has 16 heavy (non-hydrogen) atoms. The lowest BCUT2D eigenvalue weighted by Crippen LogP contribution is -2.03. The van der Waals surface area contributed by atoms with Gasteiger partial charge in [-0.1, -0.05) is 25.8 Å². The first kappa shape index (κ1) is 13.2. The van der Waals surface area contributed by atoms with Crippen LogP contribution in [0.25, 0.3) is 0 Å². The van der Waals surface area contributed by atoms with Crippen LogP contribution in [0.3, 0.4) is 0 Å². The Balaban J connectivity index is 0.000000187. The van der Waals surface area contributed by atoms with E-state index in [1.807, 2.05) is 12.3 Å². The number of fused-ring (bicyclic) bond motifs is 1. The summed E-state index contributed by atoms with van der Waals surface area (Å²) in [5.41, 5.74) is 8.01. The summed E-state index contributed by atoms with van der Waals surface area (Å²) in [7, 11) is 0. The summed E-state index contributed by atoms with van der Waals surface area (Å²) in [6, 6.07) is 4.23. The fourth-order valence-electron chi connectivity index (χ4n) is 1.93. The number of rotatable bonds is 3. The number of aryl methyl sites for hydroxylation is 2. The van der Waals surface area contributed by atoms with Crippen LogP contribution in [0, 0.1) is 0 Å². The molecule has 0 radical (unpaired) electrons. The van der Waals surface area contributed by atoms with E-state index in [1.165, 1.54) is 56.2 Å². The van der Waals surface area contributed by atoms with Crippen molar-refractivity contribution in [2.75, 3.05) is 6.54 Å².